The molecule has 15 heavy (non-hydrogen) atoms. The van der Waals surface area contributed by atoms with E-state index >= 15 is 0 Å². The molecule has 0 heterocycles. The zero-order valence-corrected chi connectivity index (χ0v) is 8.66. The molecule has 84 valence electrons. The quantitative estimate of drug-likeness (QED) is 0.781. The van der Waals surface area contributed by atoms with Gasteiger partial charge in [0.05, 0.1) is 26.9 Å². The summed E-state index contributed by atoms with van der Waals surface area (Å²) in [7, 11) is 2.77. The van der Waals surface area contributed by atoms with Gasteiger partial charge in [0.25, 0.3) is 0 Å². The molecule has 0 bridgehead atoms. The van der Waals surface area contributed by atoms with Crippen LogP contribution in [0, 0.1) is 5.82 Å². The monoisotopic (exact) mass is 215 g/mol. The highest BCUT2D eigenvalue weighted by Gasteiger charge is 2.15. The average molecular weight is 215 g/mol. The van der Waals surface area contributed by atoms with Gasteiger partial charge in [0, 0.05) is 11.6 Å². The first-order valence-electron chi connectivity index (χ1n) is 4.41. The largest absolute Gasteiger partial charge is 0.496 e. The summed E-state index contributed by atoms with van der Waals surface area (Å²) in [5.74, 6) is -0.146. The van der Waals surface area contributed by atoms with E-state index in [2.05, 4.69) is 0 Å². The van der Waals surface area contributed by atoms with Crippen molar-refractivity contribution >= 4 is 0 Å². The third-order valence-corrected chi connectivity index (χ3v) is 2.10. The molecule has 5 heteroatoms. The van der Waals surface area contributed by atoms with E-state index in [1.54, 1.807) is 0 Å². The first kappa shape index (κ1) is 11.7. The van der Waals surface area contributed by atoms with E-state index in [1.165, 1.54) is 26.4 Å². The molecule has 0 saturated heterocycles. The molecule has 3 N–H and O–H groups in total. The van der Waals surface area contributed by atoms with Gasteiger partial charge in [-0.15, -0.1) is 0 Å². The topological polar surface area (TPSA) is 64.7 Å². The molecular weight excluding hydrogens is 201 g/mol. The van der Waals surface area contributed by atoms with Crippen molar-refractivity contribution in [3.8, 4) is 11.5 Å². The van der Waals surface area contributed by atoms with Gasteiger partial charge in [-0.25, -0.2) is 4.39 Å². The molecule has 1 unspecified atom stereocenters. The smallest absolute Gasteiger partial charge is 0.168 e. The highest BCUT2D eigenvalue weighted by atomic mass is 19.1. The van der Waals surface area contributed by atoms with Gasteiger partial charge >= 0.3 is 0 Å². The molecule has 0 aromatic heterocycles. The zero-order chi connectivity index (χ0) is 11.4. The number of aliphatic hydroxyl groups excluding tert-OH is 1. The minimum atomic E-state index is -0.616. The van der Waals surface area contributed by atoms with Crippen LogP contribution in [-0.2, 0) is 0 Å². The molecule has 1 atom stereocenters. The van der Waals surface area contributed by atoms with Crippen molar-refractivity contribution in [2.45, 2.75) is 6.04 Å². The van der Waals surface area contributed by atoms with Gasteiger partial charge in [-0.1, -0.05) is 0 Å². The van der Waals surface area contributed by atoms with Crippen molar-refractivity contribution < 1.29 is 19.0 Å². The normalized spacial score (nSPS) is 12.3. The number of benzene rings is 1. The molecule has 0 radical (unpaired) electrons. The molecule has 1 aromatic rings. The lowest BCUT2D eigenvalue weighted by Crippen LogP contribution is -2.16. The Bertz CT molecular complexity index is 344. The molecule has 4 nitrogen and oxygen atoms in total. The van der Waals surface area contributed by atoms with E-state index in [0.717, 1.165) is 0 Å². The summed E-state index contributed by atoms with van der Waals surface area (Å²) in [6.45, 7) is -0.245. The molecule has 0 fully saturated rings. The number of nitrogens with two attached hydrogens (primary N) is 1. The Morgan fingerprint density at radius 3 is 2.40 bits per heavy atom. The van der Waals surface area contributed by atoms with E-state index in [4.69, 9.17) is 20.3 Å². The van der Waals surface area contributed by atoms with Crippen LogP contribution in [0.5, 0.6) is 11.5 Å². The Morgan fingerprint density at radius 1 is 1.33 bits per heavy atom. The number of aliphatic hydroxyl groups is 1. The maximum absolute atomic E-state index is 13.3. The Labute approximate surface area is 87.4 Å². The Morgan fingerprint density at radius 2 is 1.93 bits per heavy atom. The van der Waals surface area contributed by atoms with Gasteiger partial charge in [-0.3, -0.25) is 0 Å². The van der Waals surface area contributed by atoms with Crippen molar-refractivity contribution in [3.63, 3.8) is 0 Å². The van der Waals surface area contributed by atoms with Gasteiger partial charge in [0.15, 0.2) is 11.6 Å². The molecule has 1 rings (SSSR count). The third kappa shape index (κ3) is 2.37. The van der Waals surface area contributed by atoms with Crippen LogP contribution in [0.2, 0.25) is 0 Å². The summed E-state index contributed by atoms with van der Waals surface area (Å²) in [6, 6.07) is 1.99. The molecule has 0 saturated carbocycles. The van der Waals surface area contributed by atoms with Gasteiger partial charge in [0.1, 0.15) is 5.75 Å². The zero-order valence-electron chi connectivity index (χ0n) is 8.66. The molecule has 0 aliphatic rings. The van der Waals surface area contributed by atoms with E-state index in [-0.39, 0.29) is 12.4 Å². The lowest BCUT2D eigenvalue weighted by molar-refractivity contribution is 0.263. The van der Waals surface area contributed by atoms with Crippen LogP contribution < -0.4 is 15.2 Å². The summed E-state index contributed by atoms with van der Waals surface area (Å²) >= 11 is 0. The van der Waals surface area contributed by atoms with Crippen LogP contribution in [0.4, 0.5) is 4.39 Å². The minimum Gasteiger partial charge on any atom is -0.496 e. The molecular formula is C10H14FNO3. The predicted octanol–water partition coefficient (Wildman–Crippen LogP) is 0.835. The molecule has 1 aromatic carbocycles. The van der Waals surface area contributed by atoms with Crippen LogP contribution in [0.1, 0.15) is 11.6 Å². The van der Waals surface area contributed by atoms with Crippen LogP contribution in [0.25, 0.3) is 0 Å². The number of hydrogen-bond donors (Lipinski definition) is 2. The SMILES string of the molecule is COc1cc(C(N)CO)c(OC)cc1F. The van der Waals surface area contributed by atoms with E-state index < -0.39 is 11.9 Å². The number of hydrogen-bond acceptors (Lipinski definition) is 4. The highest BCUT2D eigenvalue weighted by molar-refractivity contribution is 5.43. The van der Waals surface area contributed by atoms with Gasteiger partial charge in [0.2, 0.25) is 0 Å². The first-order valence-corrected chi connectivity index (χ1v) is 4.41. The summed E-state index contributed by atoms with van der Waals surface area (Å²) in [5.41, 5.74) is 6.15. The minimum absolute atomic E-state index is 0.0784. The lowest BCUT2D eigenvalue weighted by Gasteiger charge is -2.15. The van der Waals surface area contributed by atoms with Crippen molar-refractivity contribution in [3.05, 3.63) is 23.5 Å². The Hall–Kier alpha value is -1.33. The molecule has 0 aliphatic carbocycles. The van der Waals surface area contributed by atoms with Crippen LogP contribution in [0.15, 0.2) is 12.1 Å². The summed E-state index contributed by atoms with van der Waals surface area (Å²) in [5, 5.41) is 8.93. The standard InChI is InChI=1S/C10H14FNO3/c1-14-9-4-7(11)10(15-2)3-6(9)8(12)5-13/h3-4,8,13H,5,12H2,1-2H3. The van der Waals surface area contributed by atoms with Gasteiger partial charge < -0.3 is 20.3 Å². The highest BCUT2D eigenvalue weighted by Crippen LogP contribution is 2.30. The molecule has 0 aliphatic heterocycles. The van der Waals surface area contributed by atoms with Crippen molar-refractivity contribution in [1.82, 2.24) is 0 Å². The van der Waals surface area contributed by atoms with Crippen LogP contribution >= 0.6 is 0 Å². The summed E-state index contributed by atoms with van der Waals surface area (Å²) in [4.78, 5) is 0. The maximum atomic E-state index is 13.3. The number of methoxy groups -OCH3 is 2. The maximum Gasteiger partial charge on any atom is 0.168 e. The van der Waals surface area contributed by atoms with Crippen molar-refractivity contribution in [2.24, 2.45) is 5.73 Å². The average Bonchev–Trinajstić information content (AvgIpc) is 2.27. The van der Waals surface area contributed by atoms with E-state index in [9.17, 15) is 4.39 Å². The number of halogens is 1. The van der Waals surface area contributed by atoms with Crippen molar-refractivity contribution in [1.29, 1.82) is 0 Å². The van der Waals surface area contributed by atoms with Gasteiger partial charge in [-0.05, 0) is 6.07 Å². The predicted molar refractivity (Wildman–Crippen MR) is 53.5 cm³/mol. The summed E-state index contributed by atoms with van der Waals surface area (Å²) in [6.07, 6.45) is 0. The second-order valence-electron chi connectivity index (χ2n) is 3.02. The Kier molecular flexibility index (Phi) is 3.88. The number of rotatable bonds is 4. The third-order valence-electron chi connectivity index (χ3n) is 2.10. The van der Waals surface area contributed by atoms with Crippen LogP contribution in [0.3, 0.4) is 0 Å². The van der Waals surface area contributed by atoms with Crippen molar-refractivity contribution in [2.75, 3.05) is 20.8 Å². The fourth-order valence-corrected chi connectivity index (χ4v) is 1.27. The lowest BCUT2D eigenvalue weighted by atomic mass is 10.1. The molecule has 0 amide bonds. The van der Waals surface area contributed by atoms with E-state index in [0.29, 0.717) is 11.3 Å². The summed E-state index contributed by atoms with van der Waals surface area (Å²) < 4.78 is 23.1. The number of ether oxygens (including phenoxy) is 2. The second kappa shape index (κ2) is 4.95. The first-order chi connectivity index (χ1) is 7.13. The van der Waals surface area contributed by atoms with Gasteiger partial charge in [-0.2, -0.15) is 0 Å². The fourth-order valence-electron chi connectivity index (χ4n) is 1.27. The van der Waals surface area contributed by atoms with E-state index in [1.807, 2.05) is 0 Å². The fraction of sp³-hybridized carbons (Fsp3) is 0.400. The molecule has 0 spiro atoms. The van der Waals surface area contributed by atoms with Crippen LogP contribution in [-0.4, -0.2) is 25.9 Å². The Balaban J connectivity index is 3.22. The second-order valence-corrected chi connectivity index (χ2v) is 3.02.